The maximum absolute atomic E-state index is 12.8. The molecule has 1 N–H and O–H groups in total. The molecule has 1 amide bonds. The molecule has 168 valence electrons. The van der Waals surface area contributed by atoms with E-state index in [1.54, 1.807) is 12.1 Å². The van der Waals surface area contributed by atoms with Gasteiger partial charge in [-0.3, -0.25) is 4.79 Å². The van der Waals surface area contributed by atoms with Gasteiger partial charge in [-0.05, 0) is 58.3 Å². The third-order valence-corrected chi connectivity index (χ3v) is 8.19. The second kappa shape index (κ2) is 10.7. The molecule has 0 aliphatic carbocycles. The molecule has 2 heterocycles. The van der Waals surface area contributed by atoms with Crippen LogP contribution in [0.2, 0.25) is 0 Å². The molecule has 2 saturated heterocycles. The molecular formula is C22H36N4O3S. The first-order valence-electron chi connectivity index (χ1n) is 11.1. The number of unbranched alkanes of at least 4 members (excludes halogenated alkanes) is 1. The third kappa shape index (κ3) is 6.26. The topological polar surface area (TPSA) is 73.0 Å². The molecular weight excluding hydrogens is 400 g/mol. The summed E-state index contributed by atoms with van der Waals surface area (Å²) in [5, 5.41) is 3.06. The van der Waals surface area contributed by atoms with Gasteiger partial charge in [-0.2, -0.15) is 4.31 Å². The van der Waals surface area contributed by atoms with Crippen molar-refractivity contribution < 1.29 is 13.2 Å². The lowest BCUT2D eigenvalue weighted by Gasteiger charge is -2.32. The van der Waals surface area contributed by atoms with Crippen molar-refractivity contribution in [1.82, 2.24) is 19.4 Å². The molecule has 0 aromatic heterocycles. The summed E-state index contributed by atoms with van der Waals surface area (Å²) in [7, 11) is -1.31. The Morgan fingerprint density at radius 3 is 2.27 bits per heavy atom. The number of piperazine rings is 1. The number of carbonyl (C=O) groups excluding carboxylic acids is 1. The maximum Gasteiger partial charge on any atom is 0.243 e. The third-order valence-electron chi connectivity index (χ3n) is 6.28. The van der Waals surface area contributed by atoms with E-state index in [4.69, 9.17) is 0 Å². The van der Waals surface area contributed by atoms with Crippen LogP contribution in [0.3, 0.4) is 0 Å². The van der Waals surface area contributed by atoms with Crippen LogP contribution < -0.4 is 5.32 Å². The van der Waals surface area contributed by atoms with Gasteiger partial charge in [0.05, 0.1) is 4.90 Å². The zero-order chi connectivity index (χ0) is 21.6. The highest BCUT2D eigenvalue weighted by Crippen LogP contribution is 2.24. The van der Waals surface area contributed by atoms with E-state index in [2.05, 4.69) is 22.2 Å². The van der Waals surface area contributed by atoms with Gasteiger partial charge in [0.25, 0.3) is 0 Å². The van der Waals surface area contributed by atoms with Crippen LogP contribution in [0.25, 0.3) is 0 Å². The van der Waals surface area contributed by atoms with Crippen molar-refractivity contribution in [2.24, 2.45) is 5.92 Å². The predicted molar refractivity (Wildman–Crippen MR) is 119 cm³/mol. The number of sulfonamides is 1. The summed E-state index contributed by atoms with van der Waals surface area (Å²) in [6, 6.07) is 6.95. The molecule has 3 rings (SSSR count). The molecule has 7 nitrogen and oxygen atoms in total. The maximum atomic E-state index is 12.8. The Hall–Kier alpha value is -1.48. The van der Waals surface area contributed by atoms with Crippen LogP contribution >= 0.6 is 0 Å². The first-order chi connectivity index (χ1) is 14.4. The molecule has 2 aliphatic rings. The molecule has 1 aromatic carbocycles. The molecule has 0 radical (unpaired) electrons. The fourth-order valence-corrected chi connectivity index (χ4v) is 5.58. The fourth-order valence-electron chi connectivity index (χ4n) is 4.11. The Labute approximate surface area is 181 Å². The van der Waals surface area contributed by atoms with Gasteiger partial charge >= 0.3 is 0 Å². The van der Waals surface area contributed by atoms with Gasteiger partial charge in [0.15, 0.2) is 0 Å². The summed E-state index contributed by atoms with van der Waals surface area (Å²) >= 11 is 0. The van der Waals surface area contributed by atoms with E-state index in [-0.39, 0.29) is 11.8 Å². The molecule has 2 fully saturated rings. The molecule has 30 heavy (non-hydrogen) atoms. The van der Waals surface area contributed by atoms with E-state index >= 15 is 0 Å². The number of rotatable bonds is 8. The van der Waals surface area contributed by atoms with E-state index < -0.39 is 10.0 Å². The monoisotopic (exact) mass is 436 g/mol. The minimum Gasteiger partial charge on any atom is -0.356 e. The number of benzene rings is 1. The van der Waals surface area contributed by atoms with E-state index in [0.29, 0.717) is 37.4 Å². The van der Waals surface area contributed by atoms with Crippen LogP contribution in [0.4, 0.5) is 0 Å². The van der Waals surface area contributed by atoms with Gasteiger partial charge in [-0.25, -0.2) is 8.42 Å². The summed E-state index contributed by atoms with van der Waals surface area (Å²) in [5.74, 6) is -0.0194. The van der Waals surface area contributed by atoms with E-state index in [1.807, 2.05) is 19.1 Å². The number of piperidine rings is 1. The number of nitrogens with one attached hydrogen (secondary N) is 1. The van der Waals surface area contributed by atoms with Crippen molar-refractivity contribution in [1.29, 1.82) is 0 Å². The Morgan fingerprint density at radius 1 is 1.00 bits per heavy atom. The van der Waals surface area contributed by atoms with Gasteiger partial charge in [0, 0.05) is 51.7 Å². The van der Waals surface area contributed by atoms with Crippen molar-refractivity contribution in [3.63, 3.8) is 0 Å². The molecule has 0 saturated carbocycles. The van der Waals surface area contributed by atoms with Gasteiger partial charge < -0.3 is 15.1 Å². The Bertz CT molecular complexity index is 781. The first-order valence-corrected chi connectivity index (χ1v) is 12.6. The van der Waals surface area contributed by atoms with Crippen LogP contribution in [0.5, 0.6) is 0 Å². The number of aryl methyl sites for hydroxylation is 1. The van der Waals surface area contributed by atoms with Crippen molar-refractivity contribution in [2.75, 3.05) is 59.4 Å². The summed E-state index contributed by atoms with van der Waals surface area (Å²) in [6.45, 7) is 9.07. The fraction of sp³-hybridized carbons (Fsp3) is 0.682. The van der Waals surface area contributed by atoms with E-state index in [1.165, 1.54) is 4.31 Å². The van der Waals surface area contributed by atoms with E-state index in [9.17, 15) is 13.2 Å². The van der Waals surface area contributed by atoms with Crippen molar-refractivity contribution in [3.8, 4) is 0 Å². The SMILES string of the molecule is Cc1ccc(S(=O)(=O)N2CCC(C(=O)NCCCCN3CCN(C)CC3)CC2)cc1. The average molecular weight is 437 g/mol. The summed E-state index contributed by atoms with van der Waals surface area (Å²) < 4.78 is 27.1. The van der Waals surface area contributed by atoms with Crippen LogP contribution in [-0.2, 0) is 14.8 Å². The van der Waals surface area contributed by atoms with Gasteiger partial charge in [-0.1, -0.05) is 17.7 Å². The Balaban J connectivity index is 1.34. The minimum absolute atomic E-state index is 0.0713. The quantitative estimate of drug-likeness (QED) is 0.626. The zero-order valence-electron chi connectivity index (χ0n) is 18.3. The zero-order valence-corrected chi connectivity index (χ0v) is 19.2. The van der Waals surface area contributed by atoms with Gasteiger partial charge in [-0.15, -0.1) is 0 Å². The summed E-state index contributed by atoms with van der Waals surface area (Å²) in [5.41, 5.74) is 1.04. The highest BCUT2D eigenvalue weighted by atomic mass is 32.2. The van der Waals surface area contributed by atoms with Crippen LogP contribution in [0.15, 0.2) is 29.2 Å². The van der Waals surface area contributed by atoms with Crippen molar-refractivity contribution in [2.45, 2.75) is 37.5 Å². The van der Waals surface area contributed by atoms with Crippen LogP contribution in [0, 0.1) is 12.8 Å². The number of nitrogens with zero attached hydrogens (tertiary/aromatic N) is 3. The number of carbonyl (C=O) groups is 1. The lowest BCUT2D eigenvalue weighted by molar-refractivity contribution is -0.126. The molecule has 0 atom stereocenters. The van der Waals surface area contributed by atoms with Crippen LogP contribution in [-0.4, -0.2) is 87.8 Å². The largest absolute Gasteiger partial charge is 0.356 e. The smallest absolute Gasteiger partial charge is 0.243 e. The Morgan fingerprint density at radius 2 is 1.63 bits per heavy atom. The average Bonchev–Trinajstić information content (AvgIpc) is 2.75. The van der Waals surface area contributed by atoms with Crippen molar-refractivity contribution >= 4 is 15.9 Å². The summed E-state index contributed by atoms with van der Waals surface area (Å²) in [4.78, 5) is 17.6. The molecule has 0 unspecified atom stereocenters. The highest BCUT2D eigenvalue weighted by molar-refractivity contribution is 7.89. The standard InChI is InChI=1S/C22H36N4O3S/c1-19-5-7-21(8-6-19)30(28,29)26-13-9-20(10-14-26)22(27)23-11-3-4-12-25-17-15-24(2)16-18-25/h5-8,20H,3-4,9-18H2,1-2H3,(H,23,27). The lowest BCUT2D eigenvalue weighted by Crippen LogP contribution is -2.45. The molecule has 1 aromatic rings. The lowest BCUT2D eigenvalue weighted by atomic mass is 9.97. The second-order valence-electron chi connectivity index (χ2n) is 8.63. The molecule has 0 spiro atoms. The summed E-state index contributed by atoms with van der Waals surface area (Å²) in [6.07, 6.45) is 3.24. The van der Waals surface area contributed by atoms with Crippen molar-refractivity contribution in [3.05, 3.63) is 29.8 Å². The minimum atomic E-state index is -3.47. The predicted octanol–water partition coefficient (Wildman–Crippen LogP) is 1.54. The molecule has 0 bridgehead atoms. The van der Waals surface area contributed by atoms with Crippen LogP contribution in [0.1, 0.15) is 31.2 Å². The number of amides is 1. The number of hydrogen-bond acceptors (Lipinski definition) is 5. The van der Waals surface area contributed by atoms with E-state index in [0.717, 1.165) is 51.1 Å². The highest BCUT2D eigenvalue weighted by Gasteiger charge is 2.31. The number of hydrogen-bond donors (Lipinski definition) is 1. The normalized spacial score (nSPS) is 20.3. The first kappa shape index (κ1) is 23.2. The molecule has 2 aliphatic heterocycles. The van der Waals surface area contributed by atoms with Gasteiger partial charge in [0.2, 0.25) is 15.9 Å². The van der Waals surface area contributed by atoms with Gasteiger partial charge in [0.1, 0.15) is 0 Å². The Kier molecular flexibility index (Phi) is 8.27. The molecule has 8 heteroatoms. The second-order valence-corrected chi connectivity index (χ2v) is 10.6. The number of likely N-dealkylation sites (N-methyl/N-ethyl adjacent to an activating group) is 1.